The van der Waals surface area contributed by atoms with Crippen molar-refractivity contribution < 1.29 is 28.2 Å². The summed E-state index contributed by atoms with van der Waals surface area (Å²) in [6.45, 7) is 1.69. The van der Waals surface area contributed by atoms with Crippen LogP contribution in [0.3, 0.4) is 0 Å². The normalized spacial score (nSPS) is 16.8. The third kappa shape index (κ3) is 2.74. The summed E-state index contributed by atoms with van der Waals surface area (Å²) in [7, 11) is 0. The van der Waals surface area contributed by atoms with E-state index in [1.165, 1.54) is 6.92 Å². The fourth-order valence-electron chi connectivity index (χ4n) is 1.85. The minimum atomic E-state index is -0.953. The highest BCUT2D eigenvalue weighted by Crippen LogP contribution is 2.30. The van der Waals surface area contributed by atoms with E-state index in [9.17, 15) is 18.7 Å². The third-order valence-corrected chi connectivity index (χ3v) is 3.06. The number of rotatable bonds is 5. The third-order valence-electron chi connectivity index (χ3n) is 3.06. The van der Waals surface area contributed by atoms with Gasteiger partial charge in [-0.05, 0) is 6.92 Å². The van der Waals surface area contributed by atoms with Gasteiger partial charge in [-0.25, -0.2) is 8.78 Å². The van der Waals surface area contributed by atoms with E-state index in [0.29, 0.717) is 19.3 Å². The maximum Gasteiger partial charge on any atom is 0.166 e. The predicted molar refractivity (Wildman–Crippen MR) is 62.2 cm³/mol. The van der Waals surface area contributed by atoms with Crippen LogP contribution in [0.2, 0.25) is 0 Å². The molecule has 0 radical (unpaired) electrons. The van der Waals surface area contributed by atoms with Crippen molar-refractivity contribution in [1.29, 1.82) is 0 Å². The van der Waals surface area contributed by atoms with Gasteiger partial charge in [0.1, 0.15) is 24.0 Å². The smallest absolute Gasteiger partial charge is 0.166 e. The predicted octanol–water partition coefficient (Wildman–Crippen LogP) is 1.56. The number of benzene rings is 1. The van der Waals surface area contributed by atoms with Gasteiger partial charge in [0.25, 0.3) is 0 Å². The zero-order valence-electron chi connectivity index (χ0n) is 10.4. The summed E-state index contributed by atoms with van der Waals surface area (Å²) >= 11 is 0. The fraction of sp³-hybridized carbons (Fsp3) is 0.462. The molecule has 1 aliphatic heterocycles. The Bertz CT molecular complexity index is 492. The molecule has 0 unspecified atom stereocenters. The van der Waals surface area contributed by atoms with Gasteiger partial charge in [0, 0.05) is 12.1 Å². The molecule has 0 aromatic heterocycles. The van der Waals surface area contributed by atoms with Crippen molar-refractivity contribution in [2.24, 2.45) is 5.41 Å². The number of halogens is 2. The van der Waals surface area contributed by atoms with E-state index in [0.717, 1.165) is 6.07 Å². The van der Waals surface area contributed by atoms with Crippen molar-refractivity contribution in [3.63, 3.8) is 0 Å². The van der Waals surface area contributed by atoms with Crippen LogP contribution in [0.4, 0.5) is 8.78 Å². The first-order chi connectivity index (χ1) is 8.97. The molecule has 1 saturated heterocycles. The van der Waals surface area contributed by atoms with Gasteiger partial charge in [0.05, 0.1) is 30.8 Å². The second kappa shape index (κ2) is 5.22. The Morgan fingerprint density at radius 1 is 1.47 bits per heavy atom. The van der Waals surface area contributed by atoms with Crippen molar-refractivity contribution in [3.05, 3.63) is 29.3 Å². The van der Waals surface area contributed by atoms with Gasteiger partial charge >= 0.3 is 0 Å². The van der Waals surface area contributed by atoms with Crippen LogP contribution in [0.1, 0.15) is 17.3 Å². The van der Waals surface area contributed by atoms with E-state index >= 15 is 0 Å². The largest absolute Gasteiger partial charge is 0.492 e. The lowest BCUT2D eigenvalue weighted by atomic mass is 9.88. The number of aliphatic hydroxyl groups is 1. The number of ether oxygens (including phenoxy) is 2. The molecule has 0 aliphatic carbocycles. The Balaban J connectivity index is 2.21. The Morgan fingerprint density at radius 2 is 2.16 bits per heavy atom. The maximum absolute atomic E-state index is 13.5. The van der Waals surface area contributed by atoms with Crippen LogP contribution in [0.15, 0.2) is 12.1 Å². The van der Waals surface area contributed by atoms with Gasteiger partial charge in [0.2, 0.25) is 0 Å². The number of hydrogen-bond acceptors (Lipinski definition) is 4. The zero-order chi connectivity index (χ0) is 14.0. The number of hydrogen-bond donors (Lipinski definition) is 1. The van der Waals surface area contributed by atoms with Crippen LogP contribution in [0.25, 0.3) is 0 Å². The van der Waals surface area contributed by atoms with Crippen LogP contribution in [-0.2, 0) is 4.74 Å². The van der Waals surface area contributed by atoms with Gasteiger partial charge in [0.15, 0.2) is 5.78 Å². The minimum absolute atomic E-state index is 0.0344. The number of Topliss-reactive ketones (excluding diaryl/α,β-unsaturated/α-hetero) is 1. The lowest BCUT2D eigenvalue weighted by molar-refractivity contribution is -0.153. The SMILES string of the molecule is CC(=O)c1c(F)cc(F)cc1OCC1(CO)COC1. The van der Waals surface area contributed by atoms with E-state index in [2.05, 4.69) is 0 Å². The first-order valence-electron chi connectivity index (χ1n) is 5.79. The highest BCUT2D eigenvalue weighted by atomic mass is 19.1. The summed E-state index contributed by atoms with van der Waals surface area (Å²) in [6, 6.07) is 1.60. The van der Waals surface area contributed by atoms with Crippen molar-refractivity contribution in [2.45, 2.75) is 6.92 Å². The molecule has 1 aromatic rings. The number of carbonyl (C=O) groups excluding carboxylic acids is 1. The molecule has 0 amide bonds. The van der Waals surface area contributed by atoms with Crippen LogP contribution in [-0.4, -0.2) is 37.3 Å². The highest BCUT2D eigenvalue weighted by molar-refractivity contribution is 5.97. The molecule has 0 saturated carbocycles. The summed E-state index contributed by atoms with van der Waals surface area (Å²) in [5.74, 6) is -2.47. The van der Waals surface area contributed by atoms with Crippen molar-refractivity contribution in [1.82, 2.24) is 0 Å². The molecule has 104 valence electrons. The van der Waals surface area contributed by atoms with Gasteiger partial charge in [-0.3, -0.25) is 4.79 Å². The highest BCUT2D eigenvalue weighted by Gasteiger charge is 2.39. The molecule has 0 spiro atoms. The summed E-state index contributed by atoms with van der Waals surface area (Å²) in [5.41, 5.74) is -0.841. The van der Waals surface area contributed by atoms with Crippen molar-refractivity contribution >= 4 is 5.78 Å². The van der Waals surface area contributed by atoms with Gasteiger partial charge in [-0.1, -0.05) is 0 Å². The number of carbonyl (C=O) groups is 1. The topological polar surface area (TPSA) is 55.8 Å². The zero-order valence-corrected chi connectivity index (χ0v) is 10.4. The summed E-state index contributed by atoms with van der Waals surface area (Å²) in [6.07, 6.45) is 0. The first-order valence-corrected chi connectivity index (χ1v) is 5.79. The lowest BCUT2D eigenvalue weighted by Gasteiger charge is -2.39. The molecule has 1 fully saturated rings. The molecule has 1 N–H and O–H groups in total. The molecule has 0 bridgehead atoms. The Hall–Kier alpha value is -1.53. The molecule has 4 nitrogen and oxygen atoms in total. The number of ketones is 1. The Kier molecular flexibility index (Phi) is 3.82. The fourth-order valence-corrected chi connectivity index (χ4v) is 1.85. The summed E-state index contributed by atoms with van der Waals surface area (Å²) < 4.78 is 37.0. The quantitative estimate of drug-likeness (QED) is 0.826. The first kappa shape index (κ1) is 13.9. The molecule has 6 heteroatoms. The van der Waals surface area contributed by atoms with Crippen molar-refractivity contribution in [2.75, 3.05) is 26.4 Å². The van der Waals surface area contributed by atoms with Crippen molar-refractivity contribution in [3.8, 4) is 5.75 Å². The van der Waals surface area contributed by atoms with Gasteiger partial charge in [-0.2, -0.15) is 0 Å². The molecular weight excluding hydrogens is 258 g/mol. The molecule has 19 heavy (non-hydrogen) atoms. The molecule has 0 atom stereocenters. The summed E-state index contributed by atoms with van der Waals surface area (Å²) in [5, 5.41) is 9.23. The number of aliphatic hydroxyl groups excluding tert-OH is 1. The second-order valence-corrected chi connectivity index (χ2v) is 4.76. The second-order valence-electron chi connectivity index (χ2n) is 4.76. The summed E-state index contributed by atoms with van der Waals surface area (Å²) in [4.78, 5) is 11.4. The van der Waals surface area contributed by atoms with Crippen LogP contribution >= 0.6 is 0 Å². The molecular formula is C13H14F2O4. The van der Waals surface area contributed by atoms with E-state index < -0.39 is 22.8 Å². The molecule has 1 aromatic carbocycles. The lowest BCUT2D eigenvalue weighted by Crippen LogP contribution is -2.50. The molecule has 1 aliphatic rings. The Labute approximate surface area is 108 Å². The molecule has 2 rings (SSSR count). The average Bonchev–Trinajstić information content (AvgIpc) is 2.26. The van der Waals surface area contributed by atoms with E-state index in [-0.39, 0.29) is 24.5 Å². The average molecular weight is 272 g/mol. The van der Waals surface area contributed by atoms with Crippen LogP contribution in [0.5, 0.6) is 5.75 Å². The maximum atomic E-state index is 13.5. The van der Waals surface area contributed by atoms with Gasteiger partial charge < -0.3 is 14.6 Å². The van der Waals surface area contributed by atoms with Crippen LogP contribution in [0, 0.1) is 17.0 Å². The molecule has 1 heterocycles. The minimum Gasteiger partial charge on any atom is -0.492 e. The monoisotopic (exact) mass is 272 g/mol. The van der Waals surface area contributed by atoms with E-state index in [1.807, 2.05) is 0 Å². The van der Waals surface area contributed by atoms with Gasteiger partial charge in [-0.15, -0.1) is 0 Å². The Morgan fingerprint density at radius 3 is 2.63 bits per heavy atom. The van der Waals surface area contributed by atoms with Crippen LogP contribution < -0.4 is 4.74 Å². The van der Waals surface area contributed by atoms with E-state index in [1.54, 1.807) is 0 Å². The van der Waals surface area contributed by atoms with E-state index in [4.69, 9.17) is 9.47 Å². The standard InChI is InChI=1S/C13H14F2O4/c1-8(17)12-10(15)2-9(14)3-11(12)19-7-13(4-16)5-18-6-13/h2-3,16H,4-7H2,1H3.